The SMILES string of the molecule is O=C(NCC1(C(O)c2ccccc2)CC1)NC1CCOC1. The van der Waals surface area contributed by atoms with Gasteiger partial charge >= 0.3 is 6.03 Å². The van der Waals surface area contributed by atoms with E-state index in [4.69, 9.17) is 4.74 Å². The molecule has 1 aliphatic heterocycles. The van der Waals surface area contributed by atoms with Crippen LogP contribution >= 0.6 is 0 Å². The number of aliphatic hydroxyl groups excluding tert-OH is 1. The Balaban J connectivity index is 1.51. The molecule has 1 saturated carbocycles. The highest BCUT2D eigenvalue weighted by Gasteiger charge is 2.49. The Morgan fingerprint density at radius 3 is 2.76 bits per heavy atom. The molecule has 0 aromatic heterocycles. The molecule has 1 heterocycles. The minimum atomic E-state index is -0.520. The van der Waals surface area contributed by atoms with Gasteiger partial charge in [0.25, 0.3) is 0 Å². The number of rotatable bonds is 5. The van der Waals surface area contributed by atoms with Crippen molar-refractivity contribution < 1.29 is 14.6 Å². The molecular formula is C16H22N2O3. The zero-order valence-electron chi connectivity index (χ0n) is 12.0. The van der Waals surface area contributed by atoms with E-state index in [-0.39, 0.29) is 17.5 Å². The second-order valence-electron chi connectivity index (χ2n) is 6.06. The van der Waals surface area contributed by atoms with Crippen LogP contribution in [0.2, 0.25) is 0 Å². The lowest BCUT2D eigenvalue weighted by Gasteiger charge is -2.23. The number of aliphatic hydroxyl groups is 1. The summed E-state index contributed by atoms with van der Waals surface area (Å²) in [5.74, 6) is 0. The van der Waals surface area contributed by atoms with Crippen molar-refractivity contribution in [3.8, 4) is 0 Å². The van der Waals surface area contributed by atoms with Crippen LogP contribution in [-0.2, 0) is 4.74 Å². The van der Waals surface area contributed by atoms with Gasteiger partial charge in [-0.25, -0.2) is 4.79 Å². The minimum absolute atomic E-state index is 0.110. The normalized spacial score (nSPS) is 24.3. The zero-order chi connectivity index (χ0) is 14.7. The fraction of sp³-hybridized carbons (Fsp3) is 0.562. The van der Waals surface area contributed by atoms with E-state index in [1.165, 1.54) is 0 Å². The second kappa shape index (κ2) is 6.03. The molecule has 21 heavy (non-hydrogen) atoms. The van der Waals surface area contributed by atoms with Crippen molar-refractivity contribution in [1.82, 2.24) is 10.6 Å². The molecule has 0 radical (unpaired) electrons. The van der Waals surface area contributed by atoms with Crippen LogP contribution < -0.4 is 10.6 Å². The first-order valence-electron chi connectivity index (χ1n) is 7.55. The van der Waals surface area contributed by atoms with Crippen molar-refractivity contribution in [3.63, 3.8) is 0 Å². The maximum Gasteiger partial charge on any atom is 0.315 e. The summed E-state index contributed by atoms with van der Waals surface area (Å²) in [6.07, 6.45) is 2.23. The van der Waals surface area contributed by atoms with E-state index >= 15 is 0 Å². The third kappa shape index (κ3) is 3.36. The van der Waals surface area contributed by atoms with Gasteiger partial charge in [0, 0.05) is 18.6 Å². The molecule has 3 rings (SSSR count). The molecule has 2 aliphatic rings. The van der Waals surface area contributed by atoms with E-state index < -0.39 is 6.10 Å². The first-order chi connectivity index (χ1) is 10.2. The van der Waals surface area contributed by atoms with Crippen LogP contribution in [0.1, 0.15) is 30.9 Å². The van der Waals surface area contributed by atoms with Crippen molar-refractivity contribution in [2.75, 3.05) is 19.8 Å². The third-order valence-electron chi connectivity index (χ3n) is 4.45. The molecule has 2 amide bonds. The van der Waals surface area contributed by atoms with Crippen LogP contribution in [-0.4, -0.2) is 36.9 Å². The Labute approximate surface area is 124 Å². The summed E-state index contributed by atoms with van der Waals surface area (Å²) in [6, 6.07) is 9.59. The van der Waals surface area contributed by atoms with E-state index in [0.29, 0.717) is 19.8 Å². The highest BCUT2D eigenvalue weighted by molar-refractivity contribution is 5.74. The van der Waals surface area contributed by atoms with Crippen molar-refractivity contribution in [2.24, 2.45) is 5.41 Å². The molecule has 5 nitrogen and oxygen atoms in total. The smallest absolute Gasteiger partial charge is 0.315 e. The highest BCUT2D eigenvalue weighted by atomic mass is 16.5. The maximum atomic E-state index is 11.9. The molecule has 5 heteroatoms. The predicted octanol–water partition coefficient (Wildman–Crippen LogP) is 1.59. The standard InChI is InChI=1S/C16H22N2O3/c19-14(12-4-2-1-3-5-12)16(7-8-16)11-17-15(20)18-13-6-9-21-10-13/h1-5,13-14,19H,6-11H2,(H2,17,18,20). The van der Waals surface area contributed by atoms with Crippen molar-refractivity contribution in [2.45, 2.75) is 31.4 Å². The molecule has 0 spiro atoms. The van der Waals surface area contributed by atoms with E-state index in [1.54, 1.807) is 0 Å². The number of carbonyl (C=O) groups excluding carboxylic acids is 1. The minimum Gasteiger partial charge on any atom is -0.388 e. The van der Waals surface area contributed by atoms with Gasteiger partial charge in [0.05, 0.1) is 18.8 Å². The first-order valence-corrected chi connectivity index (χ1v) is 7.55. The number of nitrogens with one attached hydrogen (secondary N) is 2. The van der Waals surface area contributed by atoms with Crippen LogP contribution in [0.3, 0.4) is 0 Å². The Morgan fingerprint density at radius 1 is 1.38 bits per heavy atom. The zero-order valence-corrected chi connectivity index (χ0v) is 12.0. The summed E-state index contributed by atoms with van der Waals surface area (Å²) >= 11 is 0. The topological polar surface area (TPSA) is 70.6 Å². The van der Waals surface area contributed by atoms with Gasteiger partial charge in [-0.1, -0.05) is 30.3 Å². The van der Waals surface area contributed by atoms with Gasteiger partial charge < -0.3 is 20.5 Å². The summed E-state index contributed by atoms with van der Waals surface area (Å²) in [6.45, 7) is 1.80. The van der Waals surface area contributed by atoms with Crippen molar-refractivity contribution in [1.29, 1.82) is 0 Å². The van der Waals surface area contributed by atoms with Crippen LogP contribution in [0.5, 0.6) is 0 Å². The number of urea groups is 1. The number of amides is 2. The van der Waals surface area contributed by atoms with E-state index in [1.807, 2.05) is 30.3 Å². The number of benzene rings is 1. The predicted molar refractivity (Wildman–Crippen MR) is 78.8 cm³/mol. The van der Waals surface area contributed by atoms with E-state index in [9.17, 15) is 9.90 Å². The van der Waals surface area contributed by atoms with E-state index in [2.05, 4.69) is 10.6 Å². The molecule has 2 unspecified atom stereocenters. The fourth-order valence-corrected chi connectivity index (χ4v) is 2.84. The van der Waals surface area contributed by atoms with Gasteiger partial charge in [0.15, 0.2) is 0 Å². The molecule has 2 fully saturated rings. The molecule has 1 aromatic rings. The summed E-state index contributed by atoms with van der Waals surface area (Å²) < 4.78 is 5.23. The summed E-state index contributed by atoms with van der Waals surface area (Å²) in [5.41, 5.74) is 0.714. The van der Waals surface area contributed by atoms with E-state index in [0.717, 1.165) is 24.8 Å². The average Bonchev–Trinajstić information content (AvgIpc) is 3.14. The van der Waals surface area contributed by atoms with Crippen LogP contribution in [0.25, 0.3) is 0 Å². The molecule has 0 bridgehead atoms. The maximum absolute atomic E-state index is 11.9. The lowest BCUT2D eigenvalue weighted by atomic mass is 9.93. The molecule has 114 valence electrons. The van der Waals surface area contributed by atoms with Gasteiger partial charge in [-0.05, 0) is 24.8 Å². The van der Waals surface area contributed by atoms with Gasteiger partial charge in [0.1, 0.15) is 0 Å². The number of carbonyl (C=O) groups is 1. The lowest BCUT2D eigenvalue weighted by molar-refractivity contribution is 0.0931. The van der Waals surface area contributed by atoms with Gasteiger partial charge in [-0.15, -0.1) is 0 Å². The molecule has 1 aromatic carbocycles. The Morgan fingerprint density at radius 2 is 2.14 bits per heavy atom. The third-order valence-corrected chi connectivity index (χ3v) is 4.45. The van der Waals surface area contributed by atoms with Crippen LogP contribution in [0.15, 0.2) is 30.3 Å². The largest absolute Gasteiger partial charge is 0.388 e. The fourth-order valence-electron chi connectivity index (χ4n) is 2.84. The Bertz CT molecular complexity index is 482. The highest BCUT2D eigenvalue weighted by Crippen LogP contribution is 2.54. The summed E-state index contributed by atoms with van der Waals surface area (Å²) in [7, 11) is 0. The summed E-state index contributed by atoms with van der Waals surface area (Å²) in [4.78, 5) is 11.9. The Hall–Kier alpha value is -1.59. The second-order valence-corrected chi connectivity index (χ2v) is 6.06. The van der Waals surface area contributed by atoms with Gasteiger partial charge in [0.2, 0.25) is 0 Å². The quantitative estimate of drug-likeness (QED) is 0.771. The molecule has 3 N–H and O–H groups in total. The summed E-state index contributed by atoms with van der Waals surface area (Å²) in [5, 5.41) is 16.3. The van der Waals surface area contributed by atoms with Crippen LogP contribution in [0.4, 0.5) is 4.79 Å². The van der Waals surface area contributed by atoms with Gasteiger partial charge in [-0.2, -0.15) is 0 Å². The number of ether oxygens (including phenoxy) is 1. The first kappa shape index (κ1) is 14.4. The molecule has 1 aliphatic carbocycles. The number of hydrogen-bond donors (Lipinski definition) is 3. The molecule has 2 atom stereocenters. The van der Waals surface area contributed by atoms with Crippen LogP contribution in [0, 0.1) is 5.41 Å². The molecule has 1 saturated heterocycles. The average molecular weight is 290 g/mol. The molecular weight excluding hydrogens is 268 g/mol. The van der Waals surface area contributed by atoms with Gasteiger partial charge in [-0.3, -0.25) is 0 Å². The lowest BCUT2D eigenvalue weighted by Crippen LogP contribution is -2.44. The van der Waals surface area contributed by atoms with Crippen molar-refractivity contribution >= 4 is 6.03 Å². The monoisotopic (exact) mass is 290 g/mol. The number of hydrogen-bond acceptors (Lipinski definition) is 3. The van der Waals surface area contributed by atoms with Crippen molar-refractivity contribution in [3.05, 3.63) is 35.9 Å². The Kier molecular flexibility index (Phi) is 4.12.